The molecular formula is C21H30N6O4. The summed E-state index contributed by atoms with van der Waals surface area (Å²) in [5.74, 6) is -0.411. The highest BCUT2D eigenvalue weighted by atomic mass is 16.2. The van der Waals surface area contributed by atoms with E-state index in [1.165, 1.54) is 18.0 Å². The van der Waals surface area contributed by atoms with E-state index in [1.54, 1.807) is 28.8 Å². The maximum atomic E-state index is 13.0. The molecule has 2 amide bonds. The molecular weight excluding hydrogens is 400 g/mol. The quantitative estimate of drug-likeness (QED) is 0.694. The minimum absolute atomic E-state index is 0.0250. The molecule has 0 aromatic carbocycles. The van der Waals surface area contributed by atoms with Crippen LogP contribution in [-0.4, -0.2) is 67.0 Å². The van der Waals surface area contributed by atoms with Crippen molar-refractivity contribution in [1.29, 1.82) is 0 Å². The average molecular weight is 431 g/mol. The summed E-state index contributed by atoms with van der Waals surface area (Å²) in [6, 6.07) is 1.63. The van der Waals surface area contributed by atoms with Gasteiger partial charge in [-0.15, -0.1) is 0 Å². The highest BCUT2D eigenvalue weighted by molar-refractivity contribution is 5.86. The van der Waals surface area contributed by atoms with Gasteiger partial charge in [0.1, 0.15) is 17.7 Å². The number of piperidine rings is 2. The van der Waals surface area contributed by atoms with E-state index in [0.717, 1.165) is 30.5 Å². The van der Waals surface area contributed by atoms with Crippen molar-refractivity contribution in [3.05, 3.63) is 33.1 Å². The minimum atomic E-state index is -0.673. The Morgan fingerprint density at radius 1 is 1.00 bits per heavy atom. The van der Waals surface area contributed by atoms with Crippen LogP contribution in [0.2, 0.25) is 0 Å². The molecule has 10 nitrogen and oxygen atoms in total. The van der Waals surface area contributed by atoms with Crippen LogP contribution >= 0.6 is 0 Å². The summed E-state index contributed by atoms with van der Waals surface area (Å²) in [6.07, 6.45) is 6.02. The van der Waals surface area contributed by atoms with E-state index < -0.39 is 11.2 Å². The Hall–Kier alpha value is -2.88. The number of amides is 2. The fourth-order valence-corrected chi connectivity index (χ4v) is 5.13. The zero-order valence-electron chi connectivity index (χ0n) is 18.2. The predicted octanol–water partition coefficient (Wildman–Crippen LogP) is -0.629. The van der Waals surface area contributed by atoms with Crippen molar-refractivity contribution >= 4 is 22.8 Å². The van der Waals surface area contributed by atoms with Gasteiger partial charge in [-0.3, -0.25) is 28.4 Å². The van der Waals surface area contributed by atoms with Gasteiger partial charge in [0.05, 0.1) is 5.39 Å². The zero-order chi connectivity index (χ0) is 22.3. The first kappa shape index (κ1) is 21.4. The Morgan fingerprint density at radius 2 is 1.65 bits per heavy atom. The molecule has 2 aromatic rings. The molecule has 2 aromatic heterocycles. The molecule has 2 aliphatic heterocycles. The van der Waals surface area contributed by atoms with Crippen molar-refractivity contribution in [3.8, 4) is 0 Å². The smallest absolute Gasteiger partial charge is 0.332 e. The van der Waals surface area contributed by atoms with Crippen molar-refractivity contribution in [2.75, 3.05) is 26.2 Å². The normalized spacial score (nSPS) is 19.6. The second-order valence-corrected chi connectivity index (χ2v) is 8.71. The number of carbonyl (C=O) groups excluding carboxylic acids is 2. The van der Waals surface area contributed by atoms with E-state index in [1.807, 2.05) is 0 Å². The summed E-state index contributed by atoms with van der Waals surface area (Å²) in [4.78, 5) is 54.0. The molecule has 0 atom stereocenters. The second kappa shape index (κ2) is 7.99. The summed E-state index contributed by atoms with van der Waals surface area (Å²) in [5.41, 5.74) is 4.77. The Bertz CT molecular complexity index is 1130. The number of carbonyl (C=O) groups is 2. The van der Waals surface area contributed by atoms with E-state index in [2.05, 4.69) is 4.90 Å². The number of aromatic nitrogens is 3. The first-order valence-electron chi connectivity index (χ1n) is 10.8. The lowest BCUT2D eigenvalue weighted by atomic mass is 9.83. The lowest BCUT2D eigenvalue weighted by molar-refractivity contribution is -0.142. The number of aryl methyl sites for hydroxylation is 1. The van der Waals surface area contributed by atoms with E-state index in [9.17, 15) is 19.2 Å². The van der Waals surface area contributed by atoms with Crippen LogP contribution in [0.3, 0.4) is 0 Å². The van der Waals surface area contributed by atoms with E-state index in [-0.39, 0.29) is 23.9 Å². The molecule has 0 aliphatic carbocycles. The molecule has 0 unspecified atom stereocenters. The van der Waals surface area contributed by atoms with Gasteiger partial charge in [-0.05, 0) is 44.8 Å². The third-order valence-corrected chi connectivity index (χ3v) is 7.03. The van der Waals surface area contributed by atoms with Crippen LogP contribution in [0.1, 0.15) is 32.1 Å². The molecule has 2 fully saturated rings. The van der Waals surface area contributed by atoms with Gasteiger partial charge in [0.15, 0.2) is 0 Å². The van der Waals surface area contributed by atoms with Gasteiger partial charge in [-0.2, -0.15) is 0 Å². The third kappa shape index (κ3) is 3.48. The highest BCUT2D eigenvalue weighted by Crippen LogP contribution is 2.31. The largest absolute Gasteiger partial charge is 0.368 e. The van der Waals surface area contributed by atoms with Gasteiger partial charge in [-0.1, -0.05) is 6.42 Å². The highest BCUT2D eigenvalue weighted by Gasteiger charge is 2.45. The van der Waals surface area contributed by atoms with Crippen LogP contribution in [0.4, 0.5) is 0 Å². The lowest BCUT2D eigenvalue weighted by Crippen LogP contribution is -2.63. The standard InChI is InChI=1S/C21H30N6O4/c1-23-17-15(18(29)24(2)20(23)31)6-11-26(17)14-16(28)25-12-7-21(8-13-25,19(22)30)27-9-4-3-5-10-27/h6,11H,3-5,7-10,12-14H2,1-2H3,(H2,22,30). The van der Waals surface area contributed by atoms with Crippen molar-refractivity contribution in [2.45, 2.75) is 44.2 Å². The molecule has 0 bridgehead atoms. The van der Waals surface area contributed by atoms with Crippen LogP contribution in [0.15, 0.2) is 21.9 Å². The van der Waals surface area contributed by atoms with Crippen LogP contribution in [0.5, 0.6) is 0 Å². The maximum absolute atomic E-state index is 13.0. The SMILES string of the molecule is Cn1c(=O)c2ccn(CC(=O)N3CCC(C(N)=O)(N4CCCCC4)CC3)c2n(C)c1=O. The van der Waals surface area contributed by atoms with Gasteiger partial charge in [0.2, 0.25) is 11.8 Å². The van der Waals surface area contributed by atoms with Gasteiger partial charge in [0, 0.05) is 33.4 Å². The molecule has 168 valence electrons. The van der Waals surface area contributed by atoms with Gasteiger partial charge in [0.25, 0.3) is 5.56 Å². The summed E-state index contributed by atoms with van der Waals surface area (Å²) in [7, 11) is 3.03. The second-order valence-electron chi connectivity index (χ2n) is 8.71. The molecule has 4 heterocycles. The molecule has 0 saturated carbocycles. The molecule has 31 heavy (non-hydrogen) atoms. The van der Waals surface area contributed by atoms with Crippen molar-refractivity contribution in [2.24, 2.45) is 19.8 Å². The summed E-state index contributed by atoms with van der Waals surface area (Å²) >= 11 is 0. The van der Waals surface area contributed by atoms with E-state index in [0.29, 0.717) is 37.0 Å². The third-order valence-electron chi connectivity index (χ3n) is 7.03. The lowest BCUT2D eigenvalue weighted by Gasteiger charge is -2.48. The number of fused-ring (bicyclic) bond motifs is 1. The molecule has 2 N–H and O–H groups in total. The first-order chi connectivity index (χ1) is 14.8. The topological polar surface area (TPSA) is 116 Å². The van der Waals surface area contributed by atoms with Gasteiger partial charge >= 0.3 is 5.69 Å². The molecule has 10 heteroatoms. The monoisotopic (exact) mass is 430 g/mol. The zero-order valence-corrected chi connectivity index (χ0v) is 18.2. The van der Waals surface area contributed by atoms with Gasteiger partial charge in [-0.25, -0.2) is 4.79 Å². The molecule has 0 radical (unpaired) electrons. The summed E-state index contributed by atoms with van der Waals surface area (Å²) < 4.78 is 4.08. The fraction of sp³-hybridized carbons (Fsp3) is 0.619. The Labute approximate surface area is 179 Å². The molecule has 4 rings (SSSR count). The average Bonchev–Trinajstić information content (AvgIpc) is 3.20. The van der Waals surface area contributed by atoms with Crippen LogP contribution < -0.4 is 17.0 Å². The van der Waals surface area contributed by atoms with E-state index in [4.69, 9.17) is 5.73 Å². The summed E-state index contributed by atoms with van der Waals surface area (Å²) in [5, 5.41) is 0.397. The Balaban J connectivity index is 1.52. The number of nitrogens with two attached hydrogens (primary N) is 1. The van der Waals surface area contributed by atoms with Crippen molar-refractivity contribution in [1.82, 2.24) is 23.5 Å². The number of hydrogen-bond donors (Lipinski definition) is 1. The van der Waals surface area contributed by atoms with Crippen molar-refractivity contribution in [3.63, 3.8) is 0 Å². The molecule has 2 aliphatic rings. The molecule has 2 saturated heterocycles. The number of nitrogens with zero attached hydrogens (tertiary/aromatic N) is 5. The number of hydrogen-bond acceptors (Lipinski definition) is 5. The maximum Gasteiger partial charge on any atom is 0.332 e. The van der Waals surface area contributed by atoms with Gasteiger partial charge < -0.3 is 15.2 Å². The Morgan fingerprint density at radius 3 is 2.26 bits per heavy atom. The van der Waals surface area contributed by atoms with Crippen molar-refractivity contribution < 1.29 is 9.59 Å². The fourth-order valence-electron chi connectivity index (χ4n) is 5.13. The summed E-state index contributed by atoms with van der Waals surface area (Å²) in [6.45, 7) is 2.68. The predicted molar refractivity (Wildman–Crippen MR) is 116 cm³/mol. The number of rotatable bonds is 4. The Kier molecular flexibility index (Phi) is 5.50. The molecule has 0 spiro atoms. The van der Waals surface area contributed by atoms with E-state index >= 15 is 0 Å². The van der Waals surface area contributed by atoms with Crippen LogP contribution in [0.25, 0.3) is 11.0 Å². The first-order valence-corrected chi connectivity index (χ1v) is 10.8. The minimum Gasteiger partial charge on any atom is -0.368 e. The number of likely N-dealkylation sites (tertiary alicyclic amines) is 2. The number of primary amides is 1. The van der Waals surface area contributed by atoms with Crippen LogP contribution in [-0.2, 0) is 30.2 Å². The van der Waals surface area contributed by atoms with Crippen LogP contribution in [0, 0.1) is 0 Å².